The summed E-state index contributed by atoms with van der Waals surface area (Å²) in [5.74, 6) is -0.397. The first-order valence-corrected chi connectivity index (χ1v) is 9.53. The number of halogens is 1. The Kier molecular flexibility index (Phi) is 5.87. The number of anilines is 1. The van der Waals surface area contributed by atoms with Gasteiger partial charge in [-0.15, -0.1) is 0 Å². The molecule has 7 nitrogen and oxygen atoms in total. The van der Waals surface area contributed by atoms with E-state index in [1.165, 1.54) is 7.05 Å². The number of carbonyl (C=O) groups is 1. The third kappa shape index (κ3) is 4.07. The van der Waals surface area contributed by atoms with E-state index in [-0.39, 0.29) is 18.6 Å². The Balaban J connectivity index is 2.05. The Morgan fingerprint density at radius 3 is 2.42 bits per heavy atom. The van der Waals surface area contributed by atoms with Gasteiger partial charge in [-0.1, -0.05) is 11.6 Å². The van der Waals surface area contributed by atoms with Crippen LogP contribution in [0.2, 0.25) is 5.02 Å². The molecule has 0 aromatic heterocycles. The molecule has 1 aliphatic heterocycles. The van der Waals surface area contributed by atoms with Gasteiger partial charge in [0.2, 0.25) is 15.9 Å². The summed E-state index contributed by atoms with van der Waals surface area (Å²) in [5.41, 5.74) is 7.26. The van der Waals surface area contributed by atoms with E-state index in [0.29, 0.717) is 10.7 Å². The van der Waals surface area contributed by atoms with Crippen molar-refractivity contribution in [1.82, 2.24) is 15.2 Å². The molecule has 2 unspecified atom stereocenters. The van der Waals surface area contributed by atoms with Gasteiger partial charge in [0, 0.05) is 29.8 Å². The fourth-order valence-corrected chi connectivity index (χ4v) is 4.94. The van der Waals surface area contributed by atoms with Gasteiger partial charge in [-0.05, 0) is 44.5 Å². The topological polar surface area (TPSA) is 90.5 Å². The maximum atomic E-state index is 12.7. The standard InChI is InChI=1S/C15H23ClN4O3S/c1-9-7-12(16)5-6-13(9)17-14(21)8-20(4)24(22,23)15-10(2)18-19-11(15)3/h5-7,10-11,15,18-19H,8H2,1-4H3,(H,17,21). The molecule has 24 heavy (non-hydrogen) atoms. The monoisotopic (exact) mass is 374 g/mol. The summed E-state index contributed by atoms with van der Waals surface area (Å²) in [6.45, 7) is 5.16. The van der Waals surface area contributed by atoms with E-state index in [9.17, 15) is 13.2 Å². The number of hydrogen-bond acceptors (Lipinski definition) is 5. The highest BCUT2D eigenvalue weighted by Gasteiger charge is 2.42. The lowest BCUT2D eigenvalue weighted by atomic mass is 10.2. The van der Waals surface area contributed by atoms with Crippen LogP contribution < -0.4 is 16.2 Å². The zero-order valence-electron chi connectivity index (χ0n) is 14.1. The predicted octanol–water partition coefficient (Wildman–Crippen LogP) is 1.10. The second-order valence-corrected chi connectivity index (χ2v) is 8.77. The molecule has 0 saturated carbocycles. The van der Waals surface area contributed by atoms with Gasteiger partial charge in [-0.2, -0.15) is 4.31 Å². The van der Waals surface area contributed by atoms with Crippen LogP contribution in [0.4, 0.5) is 5.69 Å². The third-order valence-electron chi connectivity index (χ3n) is 4.13. The van der Waals surface area contributed by atoms with Gasteiger partial charge in [0.1, 0.15) is 5.25 Å². The number of hydrogen-bond donors (Lipinski definition) is 3. The highest BCUT2D eigenvalue weighted by atomic mass is 35.5. The first-order chi connectivity index (χ1) is 11.1. The second-order valence-electron chi connectivity index (χ2n) is 6.14. The predicted molar refractivity (Wildman–Crippen MR) is 95.4 cm³/mol. The summed E-state index contributed by atoms with van der Waals surface area (Å²) in [7, 11) is -2.20. The number of hydrazine groups is 1. The molecule has 2 atom stereocenters. The lowest BCUT2D eigenvalue weighted by molar-refractivity contribution is -0.116. The molecule has 1 aliphatic rings. The quantitative estimate of drug-likeness (QED) is 0.718. The van der Waals surface area contributed by atoms with Gasteiger partial charge < -0.3 is 5.32 Å². The Labute approximate surface area is 147 Å². The van der Waals surface area contributed by atoms with Crippen molar-refractivity contribution in [3.05, 3.63) is 28.8 Å². The van der Waals surface area contributed by atoms with E-state index in [0.717, 1.165) is 9.87 Å². The second kappa shape index (κ2) is 7.37. The van der Waals surface area contributed by atoms with Crippen LogP contribution >= 0.6 is 11.6 Å². The van der Waals surface area contributed by atoms with E-state index in [2.05, 4.69) is 16.2 Å². The summed E-state index contributed by atoms with van der Waals surface area (Å²) in [5, 5.41) is 2.66. The molecule has 1 fully saturated rings. The fraction of sp³-hybridized carbons (Fsp3) is 0.533. The molecule has 0 bridgehead atoms. The number of carbonyl (C=O) groups excluding carboxylic acids is 1. The number of sulfonamides is 1. The molecule has 1 aromatic carbocycles. The summed E-state index contributed by atoms with van der Waals surface area (Å²) in [4.78, 5) is 12.2. The van der Waals surface area contributed by atoms with Gasteiger partial charge in [-0.25, -0.2) is 8.42 Å². The molecule has 3 N–H and O–H groups in total. The molecule has 9 heteroatoms. The molecule has 2 rings (SSSR count). The van der Waals surface area contributed by atoms with E-state index < -0.39 is 21.2 Å². The molecule has 1 saturated heterocycles. The molecule has 0 spiro atoms. The lowest BCUT2D eigenvalue weighted by Crippen LogP contribution is -2.47. The minimum atomic E-state index is -3.61. The number of nitrogens with zero attached hydrogens (tertiary/aromatic N) is 1. The molecular formula is C15H23ClN4O3S. The number of amides is 1. The average Bonchev–Trinajstić information content (AvgIpc) is 2.81. The highest BCUT2D eigenvalue weighted by molar-refractivity contribution is 7.89. The normalized spacial score (nSPS) is 24.3. The van der Waals surface area contributed by atoms with Crippen LogP contribution in [0, 0.1) is 6.92 Å². The molecule has 1 aromatic rings. The van der Waals surface area contributed by atoms with Crippen molar-refractivity contribution in [3.63, 3.8) is 0 Å². The molecular weight excluding hydrogens is 352 g/mol. The van der Waals surface area contributed by atoms with Gasteiger partial charge >= 0.3 is 0 Å². The van der Waals surface area contributed by atoms with Crippen LogP contribution in [-0.4, -0.2) is 49.6 Å². The maximum absolute atomic E-state index is 12.7. The number of nitrogens with one attached hydrogen (secondary N) is 3. The Morgan fingerprint density at radius 2 is 1.88 bits per heavy atom. The summed E-state index contributed by atoms with van der Waals surface area (Å²) < 4.78 is 26.5. The van der Waals surface area contributed by atoms with Crippen molar-refractivity contribution in [2.45, 2.75) is 38.1 Å². The average molecular weight is 375 g/mol. The van der Waals surface area contributed by atoms with E-state index in [1.807, 2.05) is 6.92 Å². The molecule has 0 aliphatic carbocycles. The van der Waals surface area contributed by atoms with E-state index in [4.69, 9.17) is 11.6 Å². The fourth-order valence-electron chi connectivity index (χ4n) is 2.83. The molecule has 0 radical (unpaired) electrons. The van der Waals surface area contributed by atoms with Crippen LogP contribution in [0.3, 0.4) is 0 Å². The molecule has 1 heterocycles. The van der Waals surface area contributed by atoms with Crippen LogP contribution in [0.15, 0.2) is 18.2 Å². The first-order valence-electron chi connectivity index (χ1n) is 7.65. The van der Waals surface area contributed by atoms with Crippen LogP contribution in [0.5, 0.6) is 0 Å². The number of aryl methyl sites for hydroxylation is 1. The number of likely N-dealkylation sites (N-methyl/N-ethyl adjacent to an activating group) is 1. The van der Waals surface area contributed by atoms with Crippen molar-refractivity contribution < 1.29 is 13.2 Å². The minimum Gasteiger partial charge on any atom is -0.325 e. The van der Waals surface area contributed by atoms with Crippen molar-refractivity contribution in [2.24, 2.45) is 0 Å². The molecule has 134 valence electrons. The Hall–Kier alpha value is -1.19. The number of rotatable bonds is 5. The smallest absolute Gasteiger partial charge is 0.239 e. The van der Waals surface area contributed by atoms with Crippen molar-refractivity contribution in [1.29, 1.82) is 0 Å². The lowest BCUT2D eigenvalue weighted by Gasteiger charge is -2.25. The van der Waals surface area contributed by atoms with Crippen LogP contribution in [0.1, 0.15) is 19.4 Å². The Bertz CT molecular complexity index is 715. The molecule has 1 amide bonds. The Morgan fingerprint density at radius 1 is 1.29 bits per heavy atom. The van der Waals surface area contributed by atoms with E-state index in [1.54, 1.807) is 32.0 Å². The first kappa shape index (κ1) is 19.1. The van der Waals surface area contributed by atoms with Crippen LogP contribution in [0.25, 0.3) is 0 Å². The van der Waals surface area contributed by atoms with Crippen LogP contribution in [-0.2, 0) is 14.8 Å². The highest BCUT2D eigenvalue weighted by Crippen LogP contribution is 2.21. The van der Waals surface area contributed by atoms with Crippen molar-refractivity contribution in [2.75, 3.05) is 18.9 Å². The van der Waals surface area contributed by atoms with Gasteiger partial charge in [0.25, 0.3) is 0 Å². The largest absolute Gasteiger partial charge is 0.325 e. The SMILES string of the molecule is Cc1cc(Cl)ccc1NC(=O)CN(C)S(=O)(=O)C1C(C)NNC1C. The third-order valence-corrected chi connectivity index (χ3v) is 6.87. The zero-order valence-corrected chi connectivity index (χ0v) is 15.7. The maximum Gasteiger partial charge on any atom is 0.239 e. The number of benzene rings is 1. The van der Waals surface area contributed by atoms with Gasteiger partial charge in [0.15, 0.2) is 0 Å². The summed E-state index contributed by atoms with van der Waals surface area (Å²) in [6, 6.07) is 4.61. The van der Waals surface area contributed by atoms with Gasteiger partial charge in [0.05, 0.1) is 6.54 Å². The van der Waals surface area contributed by atoms with Crippen molar-refractivity contribution in [3.8, 4) is 0 Å². The zero-order chi connectivity index (χ0) is 18.1. The summed E-state index contributed by atoms with van der Waals surface area (Å²) in [6.07, 6.45) is 0. The van der Waals surface area contributed by atoms with E-state index >= 15 is 0 Å². The van der Waals surface area contributed by atoms with Gasteiger partial charge in [-0.3, -0.25) is 15.6 Å². The minimum absolute atomic E-state index is 0.242. The van der Waals surface area contributed by atoms with Crippen molar-refractivity contribution >= 4 is 33.2 Å². The summed E-state index contributed by atoms with van der Waals surface area (Å²) >= 11 is 5.89.